The zero-order valence-corrected chi connectivity index (χ0v) is 11.4. The molecule has 0 saturated carbocycles. The predicted molar refractivity (Wildman–Crippen MR) is 67.6 cm³/mol. The summed E-state index contributed by atoms with van der Waals surface area (Å²) >= 11 is 3.07. The minimum absolute atomic E-state index is 0.0807. The van der Waals surface area contributed by atoms with Gasteiger partial charge in [0.05, 0.1) is 24.2 Å². The molecule has 18 heavy (non-hydrogen) atoms. The highest BCUT2D eigenvalue weighted by Gasteiger charge is 2.15. The van der Waals surface area contributed by atoms with E-state index in [0.717, 1.165) is 0 Å². The summed E-state index contributed by atoms with van der Waals surface area (Å²) in [6, 6.07) is 2.20. The zero-order valence-electron chi connectivity index (χ0n) is 9.78. The van der Waals surface area contributed by atoms with Crippen molar-refractivity contribution in [2.24, 2.45) is 11.5 Å². The second-order valence-electron chi connectivity index (χ2n) is 3.60. The zero-order chi connectivity index (χ0) is 13.7. The molecule has 100 valence electrons. The second kappa shape index (κ2) is 6.67. The van der Waals surface area contributed by atoms with Crippen LogP contribution in [0.1, 0.15) is 11.6 Å². The van der Waals surface area contributed by atoms with Gasteiger partial charge in [-0.15, -0.1) is 0 Å². The van der Waals surface area contributed by atoms with Gasteiger partial charge in [-0.2, -0.15) is 0 Å². The van der Waals surface area contributed by atoms with E-state index in [0.29, 0.717) is 11.3 Å². The van der Waals surface area contributed by atoms with Crippen LogP contribution in [0.15, 0.2) is 16.6 Å². The van der Waals surface area contributed by atoms with E-state index in [2.05, 4.69) is 15.9 Å². The minimum Gasteiger partial charge on any atom is -0.496 e. The molecule has 0 heterocycles. The molecule has 0 saturated heterocycles. The van der Waals surface area contributed by atoms with Gasteiger partial charge in [0.2, 0.25) is 5.91 Å². The first-order chi connectivity index (χ1) is 8.45. The maximum Gasteiger partial charge on any atom is 0.243 e. The molecule has 1 amide bonds. The number of nitrogens with two attached hydrogens (primary N) is 2. The molecule has 0 radical (unpaired) electrons. The van der Waals surface area contributed by atoms with E-state index in [9.17, 15) is 9.18 Å². The number of ether oxygens (including phenoxy) is 2. The Morgan fingerprint density at radius 3 is 2.78 bits per heavy atom. The summed E-state index contributed by atoms with van der Waals surface area (Å²) in [7, 11) is 1.42. The molecule has 1 unspecified atom stereocenters. The molecule has 7 heteroatoms. The highest BCUT2D eigenvalue weighted by molar-refractivity contribution is 9.10. The van der Waals surface area contributed by atoms with Crippen LogP contribution in [-0.4, -0.2) is 26.2 Å². The van der Waals surface area contributed by atoms with E-state index in [-0.39, 0.29) is 17.7 Å². The molecule has 0 aromatic heterocycles. The van der Waals surface area contributed by atoms with Gasteiger partial charge in [-0.3, -0.25) is 4.79 Å². The van der Waals surface area contributed by atoms with Crippen molar-refractivity contribution in [3.63, 3.8) is 0 Å². The highest BCUT2D eigenvalue weighted by Crippen LogP contribution is 2.30. The number of methoxy groups -OCH3 is 1. The van der Waals surface area contributed by atoms with Crippen molar-refractivity contribution in [1.82, 2.24) is 0 Å². The molecule has 0 fully saturated rings. The molecule has 1 aromatic rings. The lowest BCUT2D eigenvalue weighted by atomic mass is 10.1. The number of primary amides is 1. The number of hydrogen-bond donors (Lipinski definition) is 2. The summed E-state index contributed by atoms with van der Waals surface area (Å²) in [5.41, 5.74) is 11.4. The van der Waals surface area contributed by atoms with Gasteiger partial charge in [0.25, 0.3) is 0 Å². The fourth-order valence-electron chi connectivity index (χ4n) is 1.39. The first-order valence-corrected chi connectivity index (χ1v) is 5.89. The van der Waals surface area contributed by atoms with Crippen LogP contribution in [0.3, 0.4) is 0 Å². The van der Waals surface area contributed by atoms with Crippen molar-refractivity contribution in [1.29, 1.82) is 0 Å². The van der Waals surface area contributed by atoms with Crippen LogP contribution in [0.2, 0.25) is 0 Å². The molecule has 0 aliphatic rings. The van der Waals surface area contributed by atoms with Gasteiger partial charge < -0.3 is 20.9 Å². The van der Waals surface area contributed by atoms with Crippen LogP contribution in [-0.2, 0) is 9.53 Å². The molecule has 4 N–H and O–H groups in total. The van der Waals surface area contributed by atoms with E-state index < -0.39 is 17.8 Å². The van der Waals surface area contributed by atoms with Gasteiger partial charge in [-0.25, -0.2) is 4.39 Å². The van der Waals surface area contributed by atoms with Crippen LogP contribution in [0.4, 0.5) is 4.39 Å². The van der Waals surface area contributed by atoms with Gasteiger partial charge in [-0.1, -0.05) is 0 Å². The largest absolute Gasteiger partial charge is 0.496 e. The molecule has 0 aliphatic heterocycles. The van der Waals surface area contributed by atoms with Crippen molar-refractivity contribution in [2.45, 2.75) is 6.04 Å². The Balaban J connectivity index is 2.80. The summed E-state index contributed by atoms with van der Waals surface area (Å²) in [6.07, 6.45) is 0. The Labute approximate surface area is 112 Å². The van der Waals surface area contributed by atoms with Gasteiger partial charge in [0, 0.05) is 11.6 Å². The molecular formula is C11H14BrFN2O3. The summed E-state index contributed by atoms with van der Waals surface area (Å²) in [4.78, 5) is 10.5. The van der Waals surface area contributed by atoms with Crippen molar-refractivity contribution < 1.29 is 18.7 Å². The third kappa shape index (κ3) is 3.94. The molecule has 1 atom stereocenters. The van der Waals surface area contributed by atoms with E-state index in [4.69, 9.17) is 20.9 Å². The molecular weight excluding hydrogens is 307 g/mol. The molecule has 1 rings (SSSR count). The predicted octanol–water partition coefficient (Wildman–Crippen LogP) is 1.10. The third-order valence-electron chi connectivity index (χ3n) is 2.21. The Morgan fingerprint density at radius 1 is 1.56 bits per heavy atom. The SMILES string of the molecule is COc1cc(F)c(Br)cc1C(N)COCC(N)=O. The summed E-state index contributed by atoms with van der Waals surface area (Å²) in [5.74, 6) is -0.693. The molecule has 1 aromatic carbocycles. The van der Waals surface area contributed by atoms with Crippen LogP contribution in [0, 0.1) is 5.82 Å². The van der Waals surface area contributed by atoms with Crippen LogP contribution in [0.5, 0.6) is 5.75 Å². The quantitative estimate of drug-likeness (QED) is 0.821. The second-order valence-corrected chi connectivity index (χ2v) is 4.45. The van der Waals surface area contributed by atoms with Gasteiger partial charge in [0.1, 0.15) is 18.2 Å². The number of carbonyl (C=O) groups excluding carboxylic acids is 1. The number of benzene rings is 1. The Hall–Kier alpha value is -1.18. The number of halogens is 2. The van der Waals surface area contributed by atoms with Crippen LogP contribution < -0.4 is 16.2 Å². The van der Waals surface area contributed by atoms with Crippen molar-refractivity contribution in [3.05, 3.63) is 28.0 Å². The topological polar surface area (TPSA) is 87.6 Å². The maximum absolute atomic E-state index is 13.3. The normalized spacial score (nSPS) is 12.2. The van der Waals surface area contributed by atoms with E-state index in [1.165, 1.54) is 19.2 Å². The molecule has 5 nitrogen and oxygen atoms in total. The first kappa shape index (κ1) is 14.9. The minimum atomic E-state index is -0.575. The summed E-state index contributed by atoms with van der Waals surface area (Å²) in [5, 5.41) is 0. The molecule has 0 aliphatic carbocycles. The smallest absolute Gasteiger partial charge is 0.243 e. The lowest BCUT2D eigenvalue weighted by Gasteiger charge is -2.16. The fraction of sp³-hybridized carbons (Fsp3) is 0.364. The van der Waals surface area contributed by atoms with Crippen molar-refractivity contribution >= 4 is 21.8 Å². The van der Waals surface area contributed by atoms with Crippen LogP contribution >= 0.6 is 15.9 Å². The standard InChI is InChI=1S/C11H14BrFN2O3/c1-17-10-3-8(13)7(12)2-6(10)9(14)4-18-5-11(15)16/h2-3,9H,4-5,14H2,1H3,(H2,15,16). The first-order valence-electron chi connectivity index (χ1n) is 5.10. The van der Waals surface area contributed by atoms with E-state index >= 15 is 0 Å². The number of rotatable bonds is 6. The third-order valence-corrected chi connectivity index (χ3v) is 2.82. The summed E-state index contributed by atoms with van der Waals surface area (Å²) in [6.45, 7) is -0.129. The van der Waals surface area contributed by atoms with Gasteiger partial charge in [0.15, 0.2) is 0 Å². The van der Waals surface area contributed by atoms with Crippen molar-refractivity contribution in [3.8, 4) is 5.75 Å². The van der Waals surface area contributed by atoms with Crippen LogP contribution in [0.25, 0.3) is 0 Å². The average molecular weight is 321 g/mol. The highest BCUT2D eigenvalue weighted by atomic mass is 79.9. The monoisotopic (exact) mass is 320 g/mol. The number of amides is 1. The average Bonchev–Trinajstić information content (AvgIpc) is 2.31. The van der Waals surface area contributed by atoms with E-state index in [1.807, 2.05) is 0 Å². The van der Waals surface area contributed by atoms with E-state index in [1.54, 1.807) is 0 Å². The van der Waals surface area contributed by atoms with Gasteiger partial charge in [-0.05, 0) is 22.0 Å². The maximum atomic E-state index is 13.3. The Kier molecular flexibility index (Phi) is 5.52. The Bertz CT molecular complexity index is 443. The lowest BCUT2D eigenvalue weighted by molar-refractivity contribution is -0.122. The number of carbonyl (C=O) groups is 1. The number of hydrogen-bond acceptors (Lipinski definition) is 4. The molecule has 0 bridgehead atoms. The van der Waals surface area contributed by atoms with Gasteiger partial charge >= 0.3 is 0 Å². The molecule has 0 spiro atoms. The van der Waals surface area contributed by atoms with Crippen molar-refractivity contribution in [2.75, 3.05) is 20.3 Å². The fourth-order valence-corrected chi connectivity index (χ4v) is 1.75. The lowest BCUT2D eigenvalue weighted by Crippen LogP contribution is -2.23. The summed E-state index contributed by atoms with van der Waals surface area (Å²) < 4.78 is 23.6. The Morgan fingerprint density at radius 2 is 2.22 bits per heavy atom.